The SMILES string of the molecule is Cc1ccc(NC(=O)Cn2cc(-c3nnc(-c4ccccc4)o3)c3ccccc32)cc1Cl. The first kappa shape index (κ1) is 20.0. The van der Waals surface area contributed by atoms with Crippen molar-refractivity contribution in [3.8, 4) is 22.9 Å². The lowest BCUT2D eigenvalue weighted by molar-refractivity contribution is -0.116. The van der Waals surface area contributed by atoms with Crippen LogP contribution in [-0.2, 0) is 11.3 Å². The Morgan fingerprint density at radius 1 is 1.00 bits per heavy atom. The summed E-state index contributed by atoms with van der Waals surface area (Å²) in [5.74, 6) is 0.698. The zero-order valence-electron chi connectivity index (χ0n) is 17.2. The van der Waals surface area contributed by atoms with Crippen molar-refractivity contribution in [3.05, 3.63) is 89.6 Å². The summed E-state index contributed by atoms with van der Waals surface area (Å²) >= 11 is 6.17. The van der Waals surface area contributed by atoms with E-state index in [1.54, 1.807) is 6.07 Å². The Kier molecular flexibility index (Phi) is 5.21. The third-order valence-electron chi connectivity index (χ3n) is 5.23. The van der Waals surface area contributed by atoms with Gasteiger partial charge < -0.3 is 14.3 Å². The lowest BCUT2D eigenvalue weighted by Gasteiger charge is -2.08. The molecule has 0 aliphatic rings. The standard InChI is InChI=1S/C25H19ClN4O2/c1-16-11-12-18(13-21(16)26)27-23(31)15-30-14-20(19-9-5-6-10-22(19)30)25-29-28-24(32-25)17-7-3-2-4-8-17/h2-14H,15H2,1H3,(H,27,31). The molecule has 0 saturated carbocycles. The zero-order chi connectivity index (χ0) is 22.1. The average Bonchev–Trinajstić information content (AvgIpc) is 3.42. The fraction of sp³-hybridized carbons (Fsp3) is 0.0800. The van der Waals surface area contributed by atoms with Crippen LogP contribution < -0.4 is 5.32 Å². The number of hydrogen-bond donors (Lipinski definition) is 1. The Bertz CT molecular complexity index is 1420. The van der Waals surface area contributed by atoms with E-state index in [1.807, 2.05) is 84.4 Å². The summed E-state index contributed by atoms with van der Waals surface area (Å²) in [6.45, 7) is 2.05. The van der Waals surface area contributed by atoms with Gasteiger partial charge in [-0.05, 0) is 42.8 Å². The molecule has 6 nitrogen and oxygen atoms in total. The van der Waals surface area contributed by atoms with E-state index in [1.165, 1.54) is 0 Å². The number of carbonyl (C=O) groups excluding carboxylic acids is 1. The van der Waals surface area contributed by atoms with Crippen LogP contribution in [0.15, 0.2) is 83.4 Å². The Morgan fingerprint density at radius 2 is 1.75 bits per heavy atom. The molecule has 2 aromatic heterocycles. The van der Waals surface area contributed by atoms with E-state index >= 15 is 0 Å². The molecule has 0 radical (unpaired) electrons. The van der Waals surface area contributed by atoms with E-state index in [0.717, 1.165) is 27.6 Å². The first-order valence-electron chi connectivity index (χ1n) is 10.1. The molecule has 5 aromatic rings. The monoisotopic (exact) mass is 442 g/mol. The highest BCUT2D eigenvalue weighted by molar-refractivity contribution is 6.31. The predicted octanol–water partition coefficient (Wildman–Crippen LogP) is 5.96. The van der Waals surface area contributed by atoms with Crippen LogP contribution in [0.25, 0.3) is 33.8 Å². The van der Waals surface area contributed by atoms with Gasteiger partial charge in [0.05, 0.1) is 5.56 Å². The first-order chi connectivity index (χ1) is 15.6. The number of fused-ring (bicyclic) bond motifs is 1. The van der Waals surface area contributed by atoms with Crippen LogP contribution in [0, 0.1) is 6.92 Å². The van der Waals surface area contributed by atoms with E-state index in [4.69, 9.17) is 16.0 Å². The molecule has 3 aromatic carbocycles. The van der Waals surface area contributed by atoms with Crippen LogP contribution in [0.3, 0.4) is 0 Å². The summed E-state index contributed by atoms with van der Waals surface area (Å²) < 4.78 is 7.83. The van der Waals surface area contributed by atoms with Gasteiger partial charge in [-0.15, -0.1) is 10.2 Å². The lowest BCUT2D eigenvalue weighted by atomic mass is 10.2. The zero-order valence-corrected chi connectivity index (χ0v) is 18.0. The second kappa shape index (κ2) is 8.32. The van der Waals surface area contributed by atoms with Gasteiger partial charge in [0, 0.05) is 33.4 Å². The molecule has 1 amide bonds. The van der Waals surface area contributed by atoms with Gasteiger partial charge in [0.1, 0.15) is 6.54 Å². The van der Waals surface area contributed by atoms with Crippen LogP contribution in [0.5, 0.6) is 0 Å². The molecule has 0 atom stereocenters. The number of para-hydroxylation sites is 1. The van der Waals surface area contributed by atoms with Crippen LogP contribution in [0.2, 0.25) is 5.02 Å². The molecule has 0 aliphatic heterocycles. The Balaban J connectivity index is 1.45. The molecular weight excluding hydrogens is 424 g/mol. The van der Waals surface area contributed by atoms with E-state index in [2.05, 4.69) is 15.5 Å². The number of benzene rings is 3. The number of aromatic nitrogens is 3. The highest BCUT2D eigenvalue weighted by Gasteiger charge is 2.18. The van der Waals surface area contributed by atoms with E-state index in [-0.39, 0.29) is 12.5 Å². The molecule has 1 N–H and O–H groups in total. The summed E-state index contributed by atoms with van der Waals surface area (Å²) in [6, 6.07) is 22.9. The van der Waals surface area contributed by atoms with Crippen LogP contribution in [0.4, 0.5) is 5.69 Å². The van der Waals surface area contributed by atoms with Crippen molar-refractivity contribution in [3.63, 3.8) is 0 Å². The van der Waals surface area contributed by atoms with Gasteiger partial charge in [-0.1, -0.05) is 54.1 Å². The summed E-state index contributed by atoms with van der Waals surface area (Å²) in [6.07, 6.45) is 1.87. The predicted molar refractivity (Wildman–Crippen MR) is 125 cm³/mol. The summed E-state index contributed by atoms with van der Waals surface area (Å²) in [4.78, 5) is 12.7. The van der Waals surface area contributed by atoms with Gasteiger partial charge in [0.25, 0.3) is 0 Å². The second-order valence-corrected chi connectivity index (χ2v) is 7.89. The van der Waals surface area contributed by atoms with Gasteiger partial charge in [0.15, 0.2) is 0 Å². The maximum atomic E-state index is 12.7. The van der Waals surface area contributed by atoms with Crippen molar-refractivity contribution in [2.24, 2.45) is 0 Å². The second-order valence-electron chi connectivity index (χ2n) is 7.48. The quantitative estimate of drug-likeness (QED) is 0.364. The molecule has 0 unspecified atom stereocenters. The molecule has 2 heterocycles. The molecule has 0 spiro atoms. The molecular formula is C25H19ClN4O2. The normalized spacial score (nSPS) is 11.1. The van der Waals surface area contributed by atoms with Crippen molar-refractivity contribution in [1.82, 2.24) is 14.8 Å². The van der Waals surface area contributed by atoms with Crippen molar-refractivity contribution < 1.29 is 9.21 Å². The number of nitrogens with one attached hydrogen (secondary N) is 1. The number of hydrogen-bond acceptors (Lipinski definition) is 4. The minimum Gasteiger partial charge on any atom is -0.416 e. The van der Waals surface area contributed by atoms with Crippen molar-refractivity contribution in [2.75, 3.05) is 5.32 Å². The summed E-state index contributed by atoms with van der Waals surface area (Å²) in [7, 11) is 0. The maximum absolute atomic E-state index is 12.7. The summed E-state index contributed by atoms with van der Waals surface area (Å²) in [5, 5.41) is 12.9. The molecule has 158 valence electrons. The number of aryl methyl sites for hydroxylation is 1. The minimum absolute atomic E-state index is 0.131. The van der Waals surface area contributed by atoms with Crippen LogP contribution in [-0.4, -0.2) is 20.7 Å². The molecule has 32 heavy (non-hydrogen) atoms. The fourth-order valence-electron chi connectivity index (χ4n) is 3.60. The number of rotatable bonds is 5. The van der Waals surface area contributed by atoms with Gasteiger partial charge in [-0.25, -0.2) is 0 Å². The Hall–Kier alpha value is -3.90. The highest BCUT2D eigenvalue weighted by Crippen LogP contribution is 2.31. The van der Waals surface area contributed by atoms with Gasteiger partial charge in [-0.3, -0.25) is 4.79 Å². The van der Waals surface area contributed by atoms with Crippen molar-refractivity contribution in [1.29, 1.82) is 0 Å². The van der Waals surface area contributed by atoms with Crippen LogP contribution in [0.1, 0.15) is 5.56 Å². The Morgan fingerprint density at radius 3 is 2.56 bits per heavy atom. The topological polar surface area (TPSA) is 73.0 Å². The van der Waals surface area contributed by atoms with E-state index < -0.39 is 0 Å². The number of anilines is 1. The molecule has 0 fully saturated rings. The minimum atomic E-state index is -0.160. The first-order valence-corrected chi connectivity index (χ1v) is 10.5. The van der Waals surface area contributed by atoms with Crippen molar-refractivity contribution >= 4 is 34.1 Å². The summed E-state index contributed by atoms with van der Waals surface area (Å²) in [5.41, 5.74) is 4.15. The van der Waals surface area contributed by atoms with Gasteiger partial charge in [0.2, 0.25) is 17.7 Å². The molecule has 0 bridgehead atoms. The lowest BCUT2D eigenvalue weighted by Crippen LogP contribution is -2.18. The van der Waals surface area contributed by atoms with Crippen molar-refractivity contribution in [2.45, 2.75) is 13.5 Å². The number of halogens is 1. The molecule has 7 heteroatoms. The maximum Gasteiger partial charge on any atom is 0.250 e. The molecule has 5 rings (SSSR count). The highest BCUT2D eigenvalue weighted by atomic mass is 35.5. The number of amides is 1. The third kappa shape index (κ3) is 3.88. The largest absolute Gasteiger partial charge is 0.416 e. The number of carbonyl (C=O) groups is 1. The smallest absolute Gasteiger partial charge is 0.250 e. The number of nitrogens with zero attached hydrogens (tertiary/aromatic N) is 3. The molecule has 0 aliphatic carbocycles. The van der Waals surface area contributed by atoms with Gasteiger partial charge >= 0.3 is 0 Å². The Labute approximate surface area is 189 Å². The third-order valence-corrected chi connectivity index (χ3v) is 5.64. The molecule has 0 saturated heterocycles. The fourth-order valence-corrected chi connectivity index (χ4v) is 3.78. The van der Waals surface area contributed by atoms with Gasteiger partial charge in [-0.2, -0.15) is 0 Å². The van der Waals surface area contributed by atoms with E-state index in [0.29, 0.717) is 22.5 Å². The van der Waals surface area contributed by atoms with Crippen LogP contribution >= 0.6 is 11.6 Å². The van der Waals surface area contributed by atoms with E-state index in [9.17, 15) is 4.79 Å². The average molecular weight is 443 g/mol.